The van der Waals surface area contributed by atoms with E-state index >= 15 is 0 Å². The summed E-state index contributed by atoms with van der Waals surface area (Å²) in [5.41, 5.74) is 0.944. The highest BCUT2D eigenvalue weighted by atomic mass is 32.1. The van der Waals surface area contributed by atoms with Gasteiger partial charge in [-0.25, -0.2) is 4.39 Å². The summed E-state index contributed by atoms with van der Waals surface area (Å²) in [6, 6.07) is 15.8. The van der Waals surface area contributed by atoms with Crippen molar-refractivity contribution in [1.82, 2.24) is 14.8 Å². The largest absolute Gasteiger partial charge is 0.486 e. The Kier molecular flexibility index (Phi) is 4.29. The normalized spacial score (nSPS) is 10.6. The predicted molar refractivity (Wildman–Crippen MR) is 83.7 cm³/mol. The number of para-hydroxylation sites is 1. The second-order valence-electron chi connectivity index (χ2n) is 4.76. The SMILES string of the molecule is Fc1ccc(Cn2c(COc3ccccc3)n[nH]c2=S)cc1. The maximum Gasteiger partial charge on any atom is 0.195 e. The smallest absolute Gasteiger partial charge is 0.195 e. The molecule has 1 heterocycles. The Bertz CT molecular complexity index is 796. The minimum Gasteiger partial charge on any atom is -0.486 e. The van der Waals surface area contributed by atoms with Crippen LogP contribution in [0.4, 0.5) is 4.39 Å². The number of aromatic nitrogens is 3. The van der Waals surface area contributed by atoms with Crippen LogP contribution in [0.3, 0.4) is 0 Å². The minimum absolute atomic E-state index is 0.257. The number of hydrogen-bond donors (Lipinski definition) is 1. The van der Waals surface area contributed by atoms with Crippen LogP contribution in [0, 0.1) is 10.6 Å². The lowest BCUT2D eigenvalue weighted by Crippen LogP contribution is -2.08. The summed E-state index contributed by atoms with van der Waals surface area (Å²) in [4.78, 5) is 0. The lowest BCUT2D eigenvalue weighted by Gasteiger charge is -2.08. The van der Waals surface area contributed by atoms with Crippen LogP contribution in [-0.2, 0) is 13.2 Å². The molecule has 0 saturated heterocycles. The van der Waals surface area contributed by atoms with E-state index in [-0.39, 0.29) is 5.82 Å². The monoisotopic (exact) mass is 315 g/mol. The zero-order valence-corrected chi connectivity index (χ0v) is 12.5. The summed E-state index contributed by atoms with van der Waals surface area (Å²) >= 11 is 5.24. The third kappa shape index (κ3) is 3.40. The molecule has 0 radical (unpaired) electrons. The average molecular weight is 315 g/mol. The number of aromatic amines is 1. The number of ether oxygens (including phenoxy) is 1. The van der Waals surface area contributed by atoms with Crippen molar-refractivity contribution in [3.8, 4) is 5.75 Å². The first-order chi connectivity index (χ1) is 10.7. The predicted octanol–water partition coefficient (Wildman–Crippen LogP) is 3.71. The minimum atomic E-state index is -0.257. The van der Waals surface area contributed by atoms with E-state index in [1.54, 1.807) is 12.1 Å². The second-order valence-corrected chi connectivity index (χ2v) is 5.15. The summed E-state index contributed by atoms with van der Waals surface area (Å²) in [5, 5.41) is 6.96. The molecule has 2 aromatic carbocycles. The van der Waals surface area contributed by atoms with Crippen LogP contribution >= 0.6 is 12.2 Å². The highest BCUT2D eigenvalue weighted by molar-refractivity contribution is 7.71. The Hall–Kier alpha value is -2.47. The zero-order valence-electron chi connectivity index (χ0n) is 11.7. The Morgan fingerprint density at radius 1 is 1.09 bits per heavy atom. The van der Waals surface area contributed by atoms with Gasteiger partial charge in [-0.2, -0.15) is 5.10 Å². The summed E-state index contributed by atoms with van der Waals surface area (Å²) in [7, 11) is 0. The van der Waals surface area contributed by atoms with E-state index in [4.69, 9.17) is 17.0 Å². The fourth-order valence-electron chi connectivity index (χ4n) is 2.06. The fourth-order valence-corrected chi connectivity index (χ4v) is 2.28. The van der Waals surface area contributed by atoms with Gasteiger partial charge in [0.25, 0.3) is 0 Å². The molecule has 3 aromatic rings. The molecule has 0 fully saturated rings. The Balaban J connectivity index is 1.76. The van der Waals surface area contributed by atoms with Gasteiger partial charge in [-0.15, -0.1) is 0 Å². The van der Waals surface area contributed by atoms with E-state index in [1.807, 2.05) is 34.9 Å². The van der Waals surface area contributed by atoms with Gasteiger partial charge in [0, 0.05) is 0 Å². The fraction of sp³-hybridized carbons (Fsp3) is 0.125. The molecule has 0 atom stereocenters. The van der Waals surface area contributed by atoms with E-state index in [0.717, 1.165) is 11.3 Å². The molecule has 112 valence electrons. The van der Waals surface area contributed by atoms with Crippen LogP contribution in [0.2, 0.25) is 0 Å². The number of nitrogens with zero attached hydrogens (tertiary/aromatic N) is 2. The maximum atomic E-state index is 13.0. The molecule has 6 heteroatoms. The highest BCUT2D eigenvalue weighted by Gasteiger charge is 2.08. The molecule has 0 bridgehead atoms. The van der Waals surface area contributed by atoms with Gasteiger partial charge in [-0.1, -0.05) is 30.3 Å². The number of H-pyrrole nitrogens is 1. The molecule has 0 aliphatic carbocycles. The molecule has 0 saturated carbocycles. The Labute approximate surface area is 132 Å². The third-order valence-corrected chi connectivity index (χ3v) is 3.51. The van der Waals surface area contributed by atoms with Gasteiger partial charge in [0.1, 0.15) is 18.2 Å². The van der Waals surface area contributed by atoms with Crippen molar-refractivity contribution in [2.75, 3.05) is 0 Å². The van der Waals surface area contributed by atoms with Crippen molar-refractivity contribution in [2.45, 2.75) is 13.2 Å². The average Bonchev–Trinajstić information content (AvgIpc) is 2.89. The molecule has 0 amide bonds. The first-order valence-electron chi connectivity index (χ1n) is 6.79. The van der Waals surface area contributed by atoms with E-state index in [0.29, 0.717) is 23.7 Å². The summed E-state index contributed by atoms with van der Waals surface area (Å²) in [6.45, 7) is 0.821. The highest BCUT2D eigenvalue weighted by Crippen LogP contribution is 2.12. The molecule has 0 spiro atoms. The molecule has 1 aromatic heterocycles. The third-order valence-electron chi connectivity index (χ3n) is 3.20. The topological polar surface area (TPSA) is 42.8 Å². The van der Waals surface area contributed by atoms with E-state index in [9.17, 15) is 4.39 Å². The van der Waals surface area contributed by atoms with E-state index < -0.39 is 0 Å². The summed E-state index contributed by atoms with van der Waals surface area (Å²) in [5.74, 6) is 1.20. The lowest BCUT2D eigenvalue weighted by atomic mass is 10.2. The lowest BCUT2D eigenvalue weighted by molar-refractivity contribution is 0.290. The van der Waals surface area contributed by atoms with Crippen LogP contribution < -0.4 is 4.74 Å². The first-order valence-corrected chi connectivity index (χ1v) is 7.19. The molecule has 0 aliphatic rings. The van der Waals surface area contributed by atoms with Gasteiger partial charge in [-0.3, -0.25) is 9.67 Å². The number of halogens is 1. The van der Waals surface area contributed by atoms with Crippen LogP contribution in [-0.4, -0.2) is 14.8 Å². The Morgan fingerprint density at radius 2 is 1.82 bits per heavy atom. The molecule has 22 heavy (non-hydrogen) atoms. The van der Waals surface area contributed by atoms with Crippen LogP contribution in [0.15, 0.2) is 54.6 Å². The summed E-state index contributed by atoms with van der Waals surface area (Å²) in [6.07, 6.45) is 0. The second kappa shape index (κ2) is 6.53. The molecule has 1 N–H and O–H groups in total. The quantitative estimate of drug-likeness (QED) is 0.730. The molecule has 0 unspecified atom stereocenters. The molecule has 0 aliphatic heterocycles. The van der Waals surface area contributed by atoms with Crippen LogP contribution in [0.1, 0.15) is 11.4 Å². The van der Waals surface area contributed by atoms with Crippen LogP contribution in [0.25, 0.3) is 0 Å². The number of hydrogen-bond acceptors (Lipinski definition) is 3. The zero-order chi connectivity index (χ0) is 15.4. The van der Waals surface area contributed by atoms with Crippen molar-refractivity contribution in [3.05, 3.63) is 76.6 Å². The van der Waals surface area contributed by atoms with Crippen molar-refractivity contribution >= 4 is 12.2 Å². The Morgan fingerprint density at radius 3 is 2.55 bits per heavy atom. The van der Waals surface area contributed by atoms with E-state index in [1.165, 1.54) is 12.1 Å². The standard InChI is InChI=1S/C16H14FN3OS/c17-13-8-6-12(7-9-13)10-20-15(18-19-16(20)22)11-21-14-4-2-1-3-5-14/h1-9H,10-11H2,(H,19,22). The maximum absolute atomic E-state index is 13.0. The van der Waals surface area contributed by atoms with Gasteiger partial charge >= 0.3 is 0 Å². The van der Waals surface area contributed by atoms with Gasteiger partial charge in [-0.05, 0) is 42.0 Å². The van der Waals surface area contributed by atoms with Crippen molar-refractivity contribution in [1.29, 1.82) is 0 Å². The molecular weight excluding hydrogens is 301 g/mol. The number of benzene rings is 2. The van der Waals surface area contributed by atoms with Crippen LogP contribution in [0.5, 0.6) is 5.75 Å². The van der Waals surface area contributed by atoms with Gasteiger partial charge < -0.3 is 4.74 Å². The molecular formula is C16H14FN3OS. The molecule has 4 nitrogen and oxygen atoms in total. The van der Waals surface area contributed by atoms with Gasteiger partial charge in [0.05, 0.1) is 6.54 Å². The van der Waals surface area contributed by atoms with Crippen molar-refractivity contribution in [3.63, 3.8) is 0 Å². The van der Waals surface area contributed by atoms with Crippen molar-refractivity contribution in [2.24, 2.45) is 0 Å². The number of nitrogens with one attached hydrogen (secondary N) is 1. The molecule has 3 rings (SSSR count). The van der Waals surface area contributed by atoms with Gasteiger partial charge in [0.2, 0.25) is 0 Å². The summed E-state index contributed by atoms with van der Waals surface area (Å²) < 4.78 is 21.0. The van der Waals surface area contributed by atoms with E-state index in [2.05, 4.69) is 10.2 Å². The van der Waals surface area contributed by atoms with Gasteiger partial charge in [0.15, 0.2) is 10.6 Å². The van der Waals surface area contributed by atoms with Crippen molar-refractivity contribution < 1.29 is 9.13 Å². The number of rotatable bonds is 5. The first kappa shape index (κ1) is 14.5.